The normalized spacial score (nSPS) is 28.4. The summed E-state index contributed by atoms with van der Waals surface area (Å²) >= 11 is 5.42. The van der Waals surface area contributed by atoms with E-state index in [9.17, 15) is 9.59 Å². The van der Waals surface area contributed by atoms with Crippen LogP contribution in [0.25, 0.3) is 0 Å². The Kier molecular flexibility index (Phi) is 8.76. The second kappa shape index (κ2) is 9.79. The largest absolute Gasteiger partial charge is 0.480 e. The highest BCUT2D eigenvalue weighted by Gasteiger charge is 2.47. The number of carboxylic acids is 1. The van der Waals surface area contributed by atoms with Crippen molar-refractivity contribution in [3.8, 4) is 0 Å². The molecule has 0 unspecified atom stereocenters. The van der Waals surface area contributed by atoms with Crippen LogP contribution in [-0.2, 0) is 9.59 Å². The van der Waals surface area contributed by atoms with Gasteiger partial charge in [0.05, 0.1) is 0 Å². The summed E-state index contributed by atoms with van der Waals surface area (Å²) in [4.78, 5) is 22.3. The maximum Gasteiger partial charge on any atom is 0.318 e. The highest BCUT2D eigenvalue weighted by atomic mass is 35.5. The number of halogens is 1. The van der Waals surface area contributed by atoms with Gasteiger partial charge in [-0.25, -0.2) is 0 Å². The molecular formula is C20H35ClO3. The average molecular weight is 359 g/mol. The lowest BCUT2D eigenvalue weighted by molar-refractivity contribution is -0.155. The molecule has 3 nitrogen and oxygen atoms in total. The van der Waals surface area contributed by atoms with Gasteiger partial charge in [0.25, 0.3) is 0 Å². The monoisotopic (exact) mass is 358 g/mol. The second-order valence-corrected chi connectivity index (χ2v) is 8.73. The van der Waals surface area contributed by atoms with E-state index in [1.165, 1.54) is 32.1 Å². The van der Waals surface area contributed by atoms with Crippen molar-refractivity contribution in [3.05, 3.63) is 0 Å². The van der Waals surface area contributed by atoms with E-state index in [-0.39, 0.29) is 0 Å². The highest BCUT2D eigenvalue weighted by Crippen LogP contribution is 2.43. The summed E-state index contributed by atoms with van der Waals surface area (Å²) in [5.41, 5.74) is -1.31. The highest BCUT2D eigenvalue weighted by molar-refractivity contribution is 6.66. The molecule has 1 N–H and O–H groups in total. The number of carbonyl (C=O) groups is 2. The lowest BCUT2D eigenvalue weighted by atomic mass is 9.68. The van der Waals surface area contributed by atoms with E-state index in [0.29, 0.717) is 24.7 Å². The van der Waals surface area contributed by atoms with Crippen LogP contribution in [0.2, 0.25) is 0 Å². The van der Waals surface area contributed by atoms with Gasteiger partial charge in [-0.05, 0) is 61.0 Å². The first-order chi connectivity index (χ1) is 11.2. The Morgan fingerprint density at radius 3 is 1.58 bits per heavy atom. The quantitative estimate of drug-likeness (QED) is 0.503. The van der Waals surface area contributed by atoms with Crippen molar-refractivity contribution < 1.29 is 14.7 Å². The van der Waals surface area contributed by atoms with Crippen molar-refractivity contribution in [2.75, 3.05) is 0 Å². The van der Waals surface area contributed by atoms with Crippen LogP contribution in [0.15, 0.2) is 0 Å². The van der Waals surface area contributed by atoms with Gasteiger partial charge in [0.1, 0.15) is 5.41 Å². The zero-order valence-electron chi connectivity index (χ0n) is 15.8. The van der Waals surface area contributed by atoms with Crippen LogP contribution in [0.3, 0.4) is 0 Å². The van der Waals surface area contributed by atoms with Gasteiger partial charge in [0.2, 0.25) is 5.24 Å². The van der Waals surface area contributed by atoms with Crippen molar-refractivity contribution in [3.63, 3.8) is 0 Å². The van der Waals surface area contributed by atoms with Gasteiger partial charge < -0.3 is 5.11 Å². The fourth-order valence-electron chi connectivity index (χ4n) is 4.09. The molecule has 0 bridgehead atoms. The van der Waals surface area contributed by atoms with E-state index in [1.54, 1.807) is 0 Å². The second-order valence-electron chi connectivity index (χ2n) is 8.38. The molecule has 140 valence electrons. The zero-order chi connectivity index (χ0) is 18.3. The van der Waals surface area contributed by atoms with Crippen molar-refractivity contribution in [2.24, 2.45) is 29.1 Å². The molecule has 2 rings (SSSR count). The first-order valence-electron chi connectivity index (χ1n) is 9.64. The fourth-order valence-corrected chi connectivity index (χ4v) is 4.36. The third-order valence-corrected chi connectivity index (χ3v) is 6.57. The third-order valence-electron chi connectivity index (χ3n) is 6.20. The molecule has 0 aliphatic heterocycles. The number of hydrogen-bond acceptors (Lipinski definition) is 2. The molecule has 4 heteroatoms. The van der Waals surface area contributed by atoms with Gasteiger partial charge >= 0.3 is 5.97 Å². The van der Waals surface area contributed by atoms with Gasteiger partial charge in [0, 0.05) is 0 Å². The molecule has 2 aliphatic carbocycles. The van der Waals surface area contributed by atoms with Crippen LogP contribution in [0.5, 0.6) is 0 Å². The molecule has 0 aromatic heterocycles. The van der Waals surface area contributed by atoms with Crippen LogP contribution in [0.1, 0.15) is 85.5 Å². The Hall–Kier alpha value is -0.570. The van der Waals surface area contributed by atoms with Gasteiger partial charge in [0.15, 0.2) is 0 Å². The topological polar surface area (TPSA) is 54.4 Å². The van der Waals surface area contributed by atoms with Gasteiger partial charge in [-0.2, -0.15) is 0 Å². The van der Waals surface area contributed by atoms with Crippen LogP contribution in [0, 0.1) is 29.1 Å². The summed E-state index contributed by atoms with van der Waals surface area (Å²) in [7, 11) is 0. The predicted molar refractivity (Wildman–Crippen MR) is 99.1 cm³/mol. The number of carbonyl (C=O) groups excluding carboxylic acids is 1. The van der Waals surface area contributed by atoms with Crippen molar-refractivity contribution in [2.45, 2.75) is 85.5 Å². The minimum absolute atomic E-state index is 0.382. The molecule has 2 fully saturated rings. The van der Waals surface area contributed by atoms with Crippen LogP contribution < -0.4 is 0 Å². The smallest absolute Gasteiger partial charge is 0.318 e. The summed E-state index contributed by atoms with van der Waals surface area (Å²) in [6, 6.07) is 0. The van der Waals surface area contributed by atoms with Crippen molar-refractivity contribution >= 4 is 22.8 Å². The molecule has 2 saturated carbocycles. The molecule has 0 aromatic carbocycles. The van der Waals surface area contributed by atoms with Crippen molar-refractivity contribution in [1.29, 1.82) is 0 Å². The fraction of sp³-hybridized carbons (Fsp3) is 0.900. The summed E-state index contributed by atoms with van der Waals surface area (Å²) in [6.07, 6.45) is 9.79. The molecule has 0 amide bonds. The van der Waals surface area contributed by atoms with E-state index in [0.717, 1.165) is 24.7 Å². The SMILES string of the molecule is CC(C)C1CCCCC1.CC(C)[C@H]1CC[C@@](C(=O)O)(C(=O)Cl)CC1. The van der Waals surface area contributed by atoms with Gasteiger partial charge in [-0.15, -0.1) is 0 Å². The van der Waals surface area contributed by atoms with Gasteiger partial charge in [-0.3, -0.25) is 9.59 Å². The predicted octanol–water partition coefficient (Wildman–Crippen LogP) is 5.89. The van der Waals surface area contributed by atoms with E-state index in [4.69, 9.17) is 16.7 Å². The Bertz CT molecular complexity index is 387. The average Bonchev–Trinajstić information content (AvgIpc) is 2.55. The molecule has 2 aliphatic rings. The summed E-state index contributed by atoms with van der Waals surface area (Å²) in [6.45, 7) is 8.97. The van der Waals surface area contributed by atoms with Crippen LogP contribution >= 0.6 is 11.6 Å². The Morgan fingerprint density at radius 1 is 0.875 bits per heavy atom. The first-order valence-corrected chi connectivity index (χ1v) is 10.0. The van der Waals surface area contributed by atoms with E-state index in [2.05, 4.69) is 27.7 Å². The van der Waals surface area contributed by atoms with Gasteiger partial charge in [-0.1, -0.05) is 59.8 Å². The zero-order valence-corrected chi connectivity index (χ0v) is 16.6. The molecular weight excluding hydrogens is 324 g/mol. The molecule has 24 heavy (non-hydrogen) atoms. The van der Waals surface area contributed by atoms with E-state index >= 15 is 0 Å². The minimum atomic E-state index is -1.31. The minimum Gasteiger partial charge on any atom is -0.480 e. The molecule has 0 aromatic rings. The number of hydrogen-bond donors (Lipinski definition) is 1. The number of rotatable bonds is 4. The molecule has 0 radical (unpaired) electrons. The summed E-state index contributed by atoms with van der Waals surface area (Å²) in [5, 5.41) is 8.37. The Balaban J connectivity index is 0.000000272. The molecule has 0 saturated heterocycles. The number of aliphatic carboxylic acids is 1. The molecule has 0 spiro atoms. The maximum absolute atomic E-state index is 11.2. The van der Waals surface area contributed by atoms with Crippen LogP contribution in [0.4, 0.5) is 0 Å². The van der Waals surface area contributed by atoms with Crippen molar-refractivity contribution in [1.82, 2.24) is 0 Å². The standard InChI is InChI=1S/C11H17ClO3.C9H18/c1-7(2)8-3-5-11(6-4-8,9(12)13)10(14)15;1-8(2)9-6-4-3-5-7-9/h7-8H,3-6H2,1-2H3,(H,14,15);8-9H,3-7H2,1-2H3/t8-,11-;. The third kappa shape index (κ3) is 5.75. The van der Waals surface area contributed by atoms with E-state index < -0.39 is 16.6 Å². The molecule has 0 atom stereocenters. The van der Waals surface area contributed by atoms with E-state index in [1.807, 2.05) is 0 Å². The lowest BCUT2D eigenvalue weighted by Crippen LogP contribution is -2.41. The first kappa shape index (κ1) is 21.5. The Morgan fingerprint density at radius 2 is 1.29 bits per heavy atom. The van der Waals surface area contributed by atoms with Crippen LogP contribution in [-0.4, -0.2) is 16.3 Å². The Labute approximate surface area is 152 Å². The lowest BCUT2D eigenvalue weighted by Gasteiger charge is -2.35. The summed E-state index contributed by atoms with van der Waals surface area (Å²) in [5.74, 6) is 1.99. The number of carboxylic acid groups (broad SMARTS) is 1. The summed E-state index contributed by atoms with van der Waals surface area (Å²) < 4.78 is 0. The maximum atomic E-state index is 11.2. The molecule has 0 heterocycles.